The van der Waals surface area contributed by atoms with Gasteiger partial charge < -0.3 is 9.84 Å². The SMILES string of the molecule is CC(C)[C@@H](C(=O)O)N(CC(F)(F)F)C(=O)OCC1c2ccccc2-c2ccccc21. The van der Waals surface area contributed by atoms with Crippen LogP contribution in [0.5, 0.6) is 0 Å². The second kappa shape index (κ2) is 8.38. The summed E-state index contributed by atoms with van der Waals surface area (Å²) in [5.74, 6) is -2.58. The minimum absolute atomic E-state index is 0.189. The number of fused-ring (bicyclic) bond motifs is 3. The number of ether oxygens (including phenoxy) is 1. The molecule has 1 aliphatic carbocycles. The Labute approximate surface area is 172 Å². The van der Waals surface area contributed by atoms with Crippen LogP contribution < -0.4 is 0 Å². The Hall–Kier alpha value is -3.03. The Bertz CT molecular complexity index is 896. The van der Waals surface area contributed by atoms with Gasteiger partial charge in [0.1, 0.15) is 19.2 Å². The number of amides is 1. The molecule has 0 saturated carbocycles. The summed E-state index contributed by atoms with van der Waals surface area (Å²) in [5, 5.41) is 9.38. The average Bonchev–Trinajstić information content (AvgIpc) is 2.98. The van der Waals surface area contributed by atoms with Crippen molar-refractivity contribution in [1.29, 1.82) is 0 Å². The van der Waals surface area contributed by atoms with Crippen LogP contribution >= 0.6 is 0 Å². The number of nitrogens with zero attached hydrogens (tertiary/aromatic N) is 1. The first-order chi connectivity index (χ1) is 14.1. The smallest absolute Gasteiger partial charge is 0.410 e. The predicted molar refractivity (Wildman–Crippen MR) is 104 cm³/mol. The quantitative estimate of drug-likeness (QED) is 0.720. The van der Waals surface area contributed by atoms with Gasteiger partial charge in [-0.25, -0.2) is 9.59 Å². The number of carbonyl (C=O) groups excluding carboxylic acids is 1. The molecular weight excluding hydrogens is 399 g/mol. The van der Waals surface area contributed by atoms with E-state index in [0.717, 1.165) is 22.3 Å². The van der Waals surface area contributed by atoms with Gasteiger partial charge in [-0.05, 0) is 28.2 Å². The second-order valence-electron chi connectivity index (χ2n) is 7.57. The van der Waals surface area contributed by atoms with Gasteiger partial charge in [-0.15, -0.1) is 0 Å². The monoisotopic (exact) mass is 421 g/mol. The number of hydrogen-bond donors (Lipinski definition) is 1. The van der Waals surface area contributed by atoms with Crippen LogP contribution in [-0.2, 0) is 9.53 Å². The third-order valence-electron chi connectivity index (χ3n) is 5.14. The molecule has 0 aromatic heterocycles. The van der Waals surface area contributed by atoms with Crippen LogP contribution in [0.4, 0.5) is 18.0 Å². The van der Waals surface area contributed by atoms with Crippen LogP contribution in [0, 0.1) is 5.92 Å². The van der Waals surface area contributed by atoms with Gasteiger partial charge in [-0.1, -0.05) is 62.4 Å². The highest BCUT2D eigenvalue weighted by Crippen LogP contribution is 2.44. The molecule has 30 heavy (non-hydrogen) atoms. The molecule has 0 heterocycles. The van der Waals surface area contributed by atoms with Crippen LogP contribution in [0.1, 0.15) is 30.9 Å². The lowest BCUT2D eigenvalue weighted by Gasteiger charge is -2.31. The van der Waals surface area contributed by atoms with Crippen molar-refractivity contribution in [2.75, 3.05) is 13.2 Å². The number of aliphatic carboxylic acids is 1. The molecule has 2 aromatic carbocycles. The van der Waals surface area contributed by atoms with E-state index in [-0.39, 0.29) is 17.4 Å². The van der Waals surface area contributed by atoms with Crippen LogP contribution in [-0.4, -0.2) is 47.4 Å². The highest BCUT2D eigenvalue weighted by Gasteiger charge is 2.42. The van der Waals surface area contributed by atoms with Crippen molar-refractivity contribution in [3.05, 3.63) is 59.7 Å². The molecule has 0 unspecified atom stereocenters. The summed E-state index contributed by atoms with van der Waals surface area (Å²) in [5.41, 5.74) is 3.78. The topological polar surface area (TPSA) is 66.8 Å². The highest BCUT2D eigenvalue weighted by atomic mass is 19.4. The first-order valence-corrected chi connectivity index (χ1v) is 9.51. The fraction of sp³-hybridized carbons (Fsp3) is 0.364. The minimum atomic E-state index is -4.76. The maximum absolute atomic E-state index is 13.0. The number of carbonyl (C=O) groups is 2. The number of halogens is 3. The molecule has 1 atom stereocenters. The number of hydrogen-bond acceptors (Lipinski definition) is 3. The van der Waals surface area contributed by atoms with E-state index in [0.29, 0.717) is 0 Å². The number of carboxylic acid groups (broad SMARTS) is 1. The summed E-state index contributed by atoms with van der Waals surface area (Å²) >= 11 is 0. The van der Waals surface area contributed by atoms with Crippen molar-refractivity contribution < 1.29 is 32.6 Å². The Morgan fingerprint density at radius 2 is 1.53 bits per heavy atom. The summed E-state index contributed by atoms with van der Waals surface area (Å²) in [6.45, 7) is 1.00. The standard InChI is InChI=1S/C22H22F3NO4/c1-13(2)19(20(27)28)26(12-22(23,24)25)21(29)30-11-18-16-9-5-3-7-14(16)15-8-4-6-10-17(15)18/h3-10,13,18-19H,11-12H2,1-2H3,(H,27,28)/t19-/m0/s1. The van der Waals surface area contributed by atoms with Crippen molar-refractivity contribution in [2.24, 2.45) is 5.92 Å². The Kier molecular flexibility index (Phi) is 6.05. The molecule has 0 bridgehead atoms. The molecule has 160 valence electrons. The number of carboxylic acids is 1. The molecular formula is C22H22F3NO4. The molecule has 2 aromatic rings. The van der Waals surface area contributed by atoms with Crippen LogP contribution in [0.15, 0.2) is 48.5 Å². The van der Waals surface area contributed by atoms with Gasteiger partial charge >= 0.3 is 18.2 Å². The molecule has 5 nitrogen and oxygen atoms in total. The molecule has 0 radical (unpaired) electrons. The molecule has 1 N–H and O–H groups in total. The highest BCUT2D eigenvalue weighted by molar-refractivity contribution is 5.81. The Morgan fingerprint density at radius 1 is 1.03 bits per heavy atom. The lowest BCUT2D eigenvalue weighted by atomic mass is 9.98. The van der Waals surface area contributed by atoms with Crippen LogP contribution in [0.25, 0.3) is 11.1 Å². The predicted octanol–water partition coefficient (Wildman–Crippen LogP) is 4.91. The fourth-order valence-electron chi connectivity index (χ4n) is 3.92. The lowest BCUT2D eigenvalue weighted by Crippen LogP contribution is -2.52. The normalized spacial score (nSPS) is 14.2. The first kappa shape index (κ1) is 21.7. The van der Waals surface area contributed by atoms with Crippen LogP contribution in [0.2, 0.25) is 0 Å². The fourth-order valence-corrected chi connectivity index (χ4v) is 3.92. The maximum atomic E-state index is 13.0. The average molecular weight is 421 g/mol. The summed E-state index contributed by atoms with van der Waals surface area (Å²) in [7, 11) is 0. The molecule has 8 heteroatoms. The van der Waals surface area contributed by atoms with Crippen molar-refractivity contribution in [3.8, 4) is 11.1 Å². The van der Waals surface area contributed by atoms with Gasteiger partial charge in [0.05, 0.1) is 0 Å². The van der Waals surface area contributed by atoms with Crippen molar-refractivity contribution in [1.82, 2.24) is 4.90 Å². The van der Waals surface area contributed by atoms with Gasteiger partial charge in [0.2, 0.25) is 0 Å². The molecule has 1 aliphatic rings. The molecule has 0 saturated heterocycles. The van der Waals surface area contributed by atoms with E-state index in [1.807, 2.05) is 48.5 Å². The zero-order valence-electron chi connectivity index (χ0n) is 16.5. The van der Waals surface area contributed by atoms with E-state index in [1.165, 1.54) is 13.8 Å². The van der Waals surface area contributed by atoms with E-state index < -0.39 is 36.7 Å². The van der Waals surface area contributed by atoms with E-state index in [2.05, 4.69) is 0 Å². The van der Waals surface area contributed by atoms with Crippen molar-refractivity contribution in [3.63, 3.8) is 0 Å². The Balaban J connectivity index is 1.84. The molecule has 1 amide bonds. The van der Waals surface area contributed by atoms with Gasteiger partial charge in [0, 0.05) is 5.92 Å². The molecule has 0 aliphatic heterocycles. The number of benzene rings is 2. The van der Waals surface area contributed by atoms with Gasteiger partial charge in [0.15, 0.2) is 0 Å². The van der Waals surface area contributed by atoms with Crippen molar-refractivity contribution in [2.45, 2.75) is 32.0 Å². The third kappa shape index (κ3) is 4.42. The number of rotatable bonds is 6. The van der Waals surface area contributed by atoms with E-state index in [4.69, 9.17) is 4.74 Å². The zero-order chi connectivity index (χ0) is 22.1. The maximum Gasteiger partial charge on any atom is 0.410 e. The van der Waals surface area contributed by atoms with E-state index in [9.17, 15) is 27.9 Å². The molecule has 0 fully saturated rings. The van der Waals surface area contributed by atoms with Gasteiger partial charge in [0.25, 0.3) is 0 Å². The first-order valence-electron chi connectivity index (χ1n) is 9.51. The zero-order valence-corrected chi connectivity index (χ0v) is 16.5. The summed E-state index contributed by atoms with van der Waals surface area (Å²) < 4.78 is 44.4. The molecule has 3 rings (SSSR count). The van der Waals surface area contributed by atoms with Gasteiger partial charge in [-0.2, -0.15) is 13.2 Å². The van der Waals surface area contributed by atoms with E-state index >= 15 is 0 Å². The van der Waals surface area contributed by atoms with Gasteiger partial charge in [-0.3, -0.25) is 4.90 Å². The molecule has 0 spiro atoms. The van der Waals surface area contributed by atoms with E-state index in [1.54, 1.807) is 0 Å². The van der Waals surface area contributed by atoms with Crippen molar-refractivity contribution >= 4 is 12.1 Å². The summed E-state index contributed by atoms with van der Waals surface area (Å²) in [6, 6.07) is 13.4. The summed E-state index contributed by atoms with van der Waals surface area (Å²) in [6.07, 6.45) is -6.05. The lowest BCUT2D eigenvalue weighted by molar-refractivity contribution is -0.160. The number of alkyl halides is 3. The Morgan fingerprint density at radius 3 is 1.97 bits per heavy atom. The minimum Gasteiger partial charge on any atom is -0.480 e. The third-order valence-corrected chi connectivity index (χ3v) is 5.14. The summed E-state index contributed by atoms with van der Waals surface area (Å²) in [4.78, 5) is 24.4. The van der Waals surface area contributed by atoms with Crippen LogP contribution in [0.3, 0.4) is 0 Å². The largest absolute Gasteiger partial charge is 0.480 e. The second-order valence-corrected chi connectivity index (χ2v) is 7.57.